The van der Waals surface area contributed by atoms with E-state index >= 15 is 0 Å². The van der Waals surface area contributed by atoms with Crippen LogP contribution in [0.1, 0.15) is 31.1 Å². The van der Waals surface area contributed by atoms with Crippen LogP contribution in [0.2, 0.25) is 0 Å². The molecule has 0 saturated carbocycles. The lowest BCUT2D eigenvalue weighted by molar-refractivity contribution is -0.0473. The molecular weight excluding hydrogens is 300 g/mol. The molecule has 0 unspecified atom stereocenters. The molecule has 120 valence electrons. The van der Waals surface area contributed by atoms with Gasteiger partial charge in [0.25, 0.3) is 0 Å². The highest BCUT2D eigenvalue weighted by Crippen LogP contribution is 2.15. The number of hydrogen-bond donors (Lipinski definition) is 1. The molecular formula is C16H22N2O3S. The Balaban J connectivity index is 1.95. The highest BCUT2D eigenvalue weighted by atomic mass is 32.1. The number of nitrogens with one attached hydrogen (secondary N) is 1. The molecule has 0 amide bonds. The number of thiocarbonyl (C=S) groups is 1. The molecule has 1 aliphatic heterocycles. The van der Waals surface area contributed by atoms with E-state index in [2.05, 4.69) is 10.2 Å². The summed E-state index contributed by atoms with van der Waals surface area (Å²) in [7, 11) is 0. The minimum absolute atomic E-state index is 0.162. The number of rotatable bonds is 3. The summed E-state index contributed by atoms with van der Waals surface area (Å²) in [5, 5.41) is 3.87. The topological polar surface area (TPSA) is 50.8 Å². The Morgan fingerprint density at radius 3 is 2.45 bits per heavy atom. The molecule has 0 aliphatic carbocycles. The number of hydrogen-bond acceptors (Lipinski definition) is 4. The Bertz CT molecular complexity index is 523. The molecule has 1 saturated heterocycles. The first-order valence-corrected chi connectivity index (χ1v) is 7.89. The van der Waals surface area contributed by atoms with Crippen molar-refractivity contribution in [2.75, 3.05) is 25.0 Å². The number of ether oxygens (including phenoxy) is 2. The first kappa shape index (κ1) is 16.7. The number of nitrogens with zero attached hydrogens (tertiary/aromatic N) is 1. The predicted molar refractivity (Wildman–Crippen MR) is 90.2 cm³/mol. The maximum absolute atomic E-state index is 11.6. The second kappa shape index (κ2) is 7.56. The van der Waals surface area contributed by atoms with Crippen molar-refractivity contribution >= 4 is 29.0 Å². The molecule has 5 nitrogen and oxygen atoms in total. The standard InChI is InChI=1S/C16H22N2O3S/c1-4-20-15(19)13-5-7-14(8-6-13)17-16(22)18-9-11(2)21-12(3)10-18/h5-8,11-12H,4,9-10H2,1-3H3,(H,17,22)/t11-,12-/m1/s1. The minimum atomic E-state index is -0.313. The van der Waals surface area contributed by atoms with E-state index in [0.717, 1.165) is 18.8 Å². The first-order chi connectivity index (χ1) is 10.5. The maximum Gasteiger partial charge on any atom is 0.338 e. The summed E-state index contributed by atoms with van der Waals surface area (Å²) < 4.78 is 10.7. The largest absolute Gasteiger partial charge is 0.462 e. The zero-order chi connectivity index (χ0) is 16.1. The van der Waals surface area contributed by atoms with Gasteiger partial charge < -0.3 is 19.7 Å². The van der Waals surface area contributed by atoms with Gasteiger partial charge in [-0.15, -0.1) is 0 Å². The third-order valence-corrected chi connectivity index (χ3v) is 3.71. The lowest BCUT2D eigenvalue weighted by Gasteiger charge is -2.36. The van der Waals surface area contributed by atoms with Crippen LogP contribution in [0.4, 0.5) is 5.69 Å². The van der Waals surface area contributed by atoms with Gasteiger partial charge in [0.2, 0.25) is 0 Å². The second-order valence-electron chi connectivity index (χ2n) is 5.39. The zero-order valence-electron chi connectivity index (χ0n) is 13.2. The first-order valence-electron chi connectivity index (χ1n) is 7.48. The van der Waals surface area contributed by atoms with Gasteiger partial charge in [-0.3, -0.25) is 0 Å². The van der Waals surface area contributed by atoms with E-state index < -0.39 is 0 Å². The van der Waals surface area contributed by atoms with Crippen molar-refractivity contribution in [1.29, 1.82) is 0 Å². The van der Waals surface area contributed by atoms with Crippen LogP contribution in [0.5, 0.6) is 0 Å². The number of esters is 1. The number of morpholine rings is 1. The van der Waals surface area contributed by atoms with Crippen LogP contribution >= 0.6 is 12.2 Å². The molecule has 1 N–H and O–H groups in total. The Hall–Kier alpha value is -1.66. The molecule has 0 radical (unpaired) electrons. The van der Waals surface area contributed by atoms with Gasteiger partial charge in [0.1, 0.15) is 0 Å². The number of benzene rings is 1. The molecule has 1 aromatic carbocycles. The summed E-state index contributed by atoms with van der Waals surface area (Å²) in [5.74, 6) is -0.313. The van der Waals surface area contributed by atoms with Crippen LogP contribution in [-0.4, -0.2) is 47.9 Å². The molecule has 2 rings (SSSR count). The highest BCUT2D eigenvalue weighted by molar-refractivity contribution is 7.80. The summed E-state index contributed by atoms with van der Waals surface area (Å²) >= 11 is 5.46. The van der Waals surface area contributed by atoms with Crippen LogP contribution < -0.4 is 5.32 Å². The van der Waals surface area contributed by atoms with Crippen molar-refractivity contribution in [3.8, 4) is 0 Å². The van der Waals surface area contributed by atoms with Crippen molar-refractivity contribution in [2.24, 2.45) is 0 Å². The highest BCUT2D eigenvalue weighted by Gasteiger charge is 2.23. The van der Waals surface area contributed by atoms with E-state index in [4.69, 9.17) is 21.7 Å². The monoisotopic (exact) mass is 322 g/mol. The molecule has 0 bridgehead atoms. The van der Waals surface area contributed by atoms with Crippen LogP contribution in [0.25, 0.3) is 0 Å². The van der Waals surface area contributed by atoms with E-state index in [0.29, 0.717) is 17.3 Å². The third kappa shape index (κ3) is 4.42. The molecule has 1 aliphatic rings. The average molecular weight is 322 g/mol. The van der Waals surface area contributed by atoms with Crippen LogP contribution in [0.3, 0.4) is 0 Å². The summed E-state index contributed by atoms with van der Waals surface area (Å²) in [5.41, 5.74) is 1.39. The van der Waals surface area contributed by atoms with Crippen LogP contribution in [-0.2, 0) is 9.47 Å². The summed E-state index contributed by atoms with van der Waals surface area (Å²) in [6.45, 7) is 7.79. The molecule has 6 heteroatoms. The normalized spacial score (nSPS) is 21.3. The smallest absolute Gasteiger partial charge is 0.338 e. The Labute approximate surface area is 136 Å². The van der Waals surface area contributed by atoms with Gasteiger partial charge in [0.15, 0.2) is 5.11 Å². The maximum atomic E-state index is 11.6. The number of carbonyl (C=O) groups is 1. The van der Waals surface area contributed by atoms with E-state index in [1.54, 1.807) is 19.1 Å². The van der Waals surface area contributed by atoms with Crippen molar-refractivity contribution in [2.45, 2.75) is 33.0 Å². The lowest BCUT2D eigenvalue weighted by atomic mass is 10.2. The van der Waals surface area contributed by atoms with Gasteiger partial charge in [-0.2, -0.15) is 0 Å². The Morgan fingerprint density at radius 1 is 1.32 bits per heavy atom. The summed E-state index contributed by atoms with van der Waals surface area (Å²) in [6, 6.07) is 7.11. The van der Waals surface area contributed by atoms with Gasteiger partial charge in [0, 0.05) is 18.8 Å². The van der Waals surface area contributed by atoms with E-state index in [1.165, 1.54) is 0 Å². The van der Waals surface area contributed by atoms with Crippen molar-refractivity contribution in [3.63, 3.8) is 0 Å². The van der Waals surface area contributed by atoms with E-state index in [1.807, 2.05) is 26.0 Å². The fraction of sp³-hybridized carbons (Fsp3) is 0.500. The average Bonchev–Trinajstić information content (AvgIpc) is 2.47. The minimum Gasteiger partial charge on any atom is -0.462 e. The van der Waals surface area contributed by atoms with Gasteiger partial charge in [-0.1, -0.05) is 0 Å². The quantitative estimate of drug-likeness (QED) is 0.682. The zero-order valence-corrected chi connectivity index (χ0v) is 14.0. The van der Waals surface area contributed by atoms with Crippen LogP contribution in [0, 0.1) is 0 Å². The van der Waals surface area contributed by atoms with Gasteiger partial charge in [0.05, 0.1) is 24.4 Å². The van der Waals surface area contributed by atoms with E-state index in [-0.39, 0.29) is 18.2 Å². The number of anilines is 1. The van der Waals surface area contributed by atoms with Gasteiger partial charge in [-0.05, 0) is 57.3 Å². The summed E-state index contributed by atoms with van der Waals surface area (Å²) in [4.78, 5) is 13.7. The molecule has 0 aromatic heterocycles. The molecule has 1 aromatic rings. The third-order valence-electron chi connectivity index (χ3n) is 3.35. The Morgan fingerprint density at radius 2 is 1.91 bits per heavy atom. The van der Waals surface area contributed by atoms with Gasteiger partial charge >= 0.3 is 5.97 Å². The second-order valence-corrected chi connectivity index (χ2v) is 5.78. The Kier molecular flexibility index (Phi) is 5.74. The SMILES string of the molecule is CCOC(=O)c1ccc(NC(=S)N2C[C@@H](C)O[C@H](C)C2)cc1. The van der Waals surface area contributed by atoms with Gasteiger partial charge in [-0.25, -0.2) is 4.79 Å². The molecule has 22 heavy (non-hydrogen) atoms. The molecule has 2 atom stereocenters. The summed E-state index contributed by atoms with van der Waals surface area (Å²) in [6.07, 6.45) is 0.324. The fourth-order valence-corrected chi connectivity index (χ4v) is 2.72. The lowest BCUT2D eigenvalue weighted by Crippen LogP contribution is -2.49. The molecule has 1 heterocycles. The van der Waals surface area contributed by atoms with Crippen LogP contribution in [0.15, 0.2) is 24.3 Å². The predicted octanol–water partition coefficient (Wildman–Crippen LogP) is 2.67. The van der Waals surface area contributed by atoms with Crippen molar-refractivity contribution in [3.05, 3.63) is 29.8 Å². The number of carbonyl (C=O) groups excluding carboxylic acids is 1. The van der Waals surface area contributed by atoms with Crippen molar-refractivity contribution in [1.82, 2.24) is 4.90 Å². The molecule has 0 spiro atoms. The van der Waals surface area contributed by atoms with E-state index in [9.17, 15) is 4.79 Å². The fourth-order valence-electron chi connectivity index (χ4n) is 2.45. The molecule has 1 fully saturated rings. The van der Waals surface area contributed by atoms with Crippen molar-refractivity contribution < 1.29 is 14.3 Å².